The molecule has 0 saturated heterocycles. The second-order valence-electron chi connectivity index (χ2n) is 6.81. The van der Waals surface area contributed by atoms with E-state index >= 15 is 0 Å². The summed E-state index contributed by atoms with van der Waals surface area (Å²) < 4.78 is 5.28. The molecule has 0 saturated carbocycles. The van der Waals surface area contributed by atoms with Gasteiger partial charge in [0.25, 0.3) is 0 Å². The monoisotopic (exact) mass is 325 g/mol. The van der Waals surface area contributed by atoms with Gasteiger partial charge in [-0.15, -0.1) is 6.58 Å². The van der Waals surface area contributed by atoms with E-state index in [4.69, 9.17) is 4.74 Å². The molecule has 1 aromatic carbocycles. The van der Waals surface area contributed by atoms with Gasteiger partial charge in [0.15, 0.2) is 11.5 Å². The summed E-state index contributed by atoms with van der Waals surface area (Å²) in [5.41, 5.74) is 2.07. The average Bonchev–Trinajstić information content (AvgIpc) is 2.80. The van der Waals surface area contributed by atoms with E-state index in [-0.39, 0.29) is 23.0 Å². The number of carbonyl (C=O) groups excluding carboxylic acids is 2. The molecule has 0 spiro atoms. The predicted octanol–water partition coefficient (Wildman–Crippen LogP) is 2.75. The largest absolute Gasteiger partial charge is 0.493 e. The third-order valence-electron chi connectivity index (χ3n) is 5.41. The number of methoxy groups -OCH3 is 1. The highest BCUT2D eigenvalue weighted by Crippen LogP contribution is 2.55. The molecule has 4 nitrogen and oxygen atoms in total. The summed E-state index contributed by atoms with van der Waals surface area (Å²) in [7, 11) is 1.49. The van der Waals surface area contributed by atoms with E-state index in [1.54, 1.807) is 12.2 Å². The first-order valence-electron chi connectivity index (χ1n) is 8.26. The van der Waals surface area contributed by atoms with Gasteiger partial charge in [-0.2, -0.15) is 0 Å². The Balaban J connectivity index is 2.07. The van der Waals surface area contributed by atoms with E-state index in [0.29, 0.717) is 18.7 Å². The summed E-state index contributed by atoms with van der Waals surface area (Å²) in [6.45, 7) is 6.17. The molecule has 0 fully saturated rings. The third-order valence-corrected chi connectivity index (χ3v) is 5.41. The predicted molar refractivity (Wildman–Crippen MR) is 92.4 cm³/mol. The van der Waals surface area contributed by atoms with Crippen molar-refractivity contribution in [3.8, 4) is 0 Å². The van der Waals surface area contributed by atoms with Gasteiger partial charge in [0.05, 0.1) is 13.0 Å². The zero-order valence-electron chi connectivity index (χ0n) is 14.2. The zero-order valence-corrected chi connectivity index (χ0v) is 14.2. The van der Waals surface area contributed by atoms with Crippen LogP contribution in [0.25, 0.3) is 0 Å². The van der Waals surface area contributed by atoms with Gasteiger partial charge in [0.1, 0.15) is 0 Å². The molecule has 24 heavy (non-hydrogen) atoms. The second-order valence-corrected chi connectivity index (χ2v) is 6.81. The van der Waals surface area contributed by atoms with E-state index in [1.165, 1.54) is 18.2 Å². The maximum atomic E-state index is 12.8. The maximum Gasteiger partial charge on any atom is 0.227 e. The highest BCUT2D eigenvalue weighted by molar-refractivity contribution is 5.96. The van der Waals surface area contributed by atoms with Crippen molar-refractivity contribution in [3.63, 3.8) is 0 Å². The van der Waals surface area contributed by atoms with Crippen LogP contribution in [-0.4, -0.2) is 25.3 Å². The third kappa shape index (κ3) is 2.56. The number of nitrogens with one attached hydrogen (secondary N) is 1. The fourth-order valence-electron chi connectivity index (χ4n) is 4.15. The lowest BCUT2D eigenvalue weighted by Crippen LogP contribution is -2.41. The Morgan fingerprint density at radius 1 is 1.46 bits per heavy atom. The minimum atomic E-state index is -0.420. The minimum Gasteiger partial charge on any atom is -0.493 e. The van der Waals surface area contributed by atoms with Gasteiger partial charge in [0, 0.05) is 13.0 Å². The van der Waals surface area contributed by atoms with Crippen molar-refractivity contribution in [2.45, 2.75) is 25.7 Å². The molecule has 3 rings (SSSR count). The topological polar surface area (TPSA) is 55.4 Å². The number of fused-ring (bicyclic) bond motifs is 3. The Bertz CT molecular complexity index is 721. The number of amides is 1. The van der Waals surface area contributed by atoms with Crippen LogP contribution in [0.4, 0.5) is 0 Å². The number of hydrogen-bond acceptors (Lipinski definition) is 3. The normalized spacial score (nSPS) is 28.2. The lowest BCUT2D eigenvalue weighted by Gasteiger charge is -2.35. The standard InChI is InChI=1S/C20H23NO3/c1-4-9-21-19(23)16-11-18(24-3)17(22)10-15-14-8-6-5-7-13(14)12-20(15,16)2/h4-8,11,15-16H,1,9-10,12H2,2-3H3,(H,21,23)/t15-,16-,20+/m1/s1. The Morgan fingerprint density at radius 3 is 2.92 bits per heavy atom. The van der Waals surface area contributed by atoms with Crippen LogP contribution < -0.4 is 5.32 Å². The van der Waals surface area contributed by atoms with Crippen LogP contribution >= 0.6 is 0 Å². The fraction of sp³-hybridized carbons (Fsp3) is 0.400. The number of ether oxygens (including phenoxy) is 1. The van der Waals surface area contributed by atoms with Crippen LogP contribution in [0.15, 0.2) is 48.8 Å². The summed E-state index contributed by atoms with van der Waals surface area (Å²) >= 11 is 0. The number of rotatable bonds is 4. The van der Waals surface area contributed by atoms with Crippen molar-refractivity contribution >= 4 is 11.7 Å². The lowest BCUT2D eigenvalue weighted by atomic mass is 9.67. The minimum absolute atomic E-state index is 0.0181. The summed E-state index contributed by atoms with van der Waals surface area (Å²) in [5.74, 6) is -0.230. The smallest absolute Gasteiger partial charge is 0.227 e. The van der Waals surface area contributed by atoms with E-state index in [2.05, 4.69) is 31.0 Å². The fourth-order valence-corrected chi connectivity index (χ4v) is 4.15. The van der Waals surface area contributed by atoms with E-state index < -0.39 is 5.92 Å². The molecule has 0 aromatic heterocycles. The van der Waals surface area contributed by atoms with Gasteiger partial charge in [-0.1, -0.05) is 37.3 Å². The van der Waals surface area contributed by atoms with Gasteiger partial charge < -0.3 is 10.1 Å². The molecule has 4 heteroatoms. The number of benzene rings is 1. The second kappa shape index (κ2) is 6.27. The van der Waals surface area contributed by atoms with Gasteiger partial charge in [-0.05, 0) is 35.0 Å². The highest BCUT2D eigenvalue weighted by Gasteiger charge is 2.52. The molecule has 126 valence electrons. The van der Waals surface area contributed by atoms with Crippen molar-refractivity contribution in [2.24, 2.45) is 11.3 Å². The molecule has 0 aliphatic heterocycles. The molecular weight excluding hydrogens is 302 g/mol. The van der Waals surface area contributed by atoms with Crippen LogP contribution in [0.3, 0.4) is 0 Å². The number of ketones is 1. The van der Waals surface area contributed by atoms with E-state index in [9.17, 15) is 9.59 Å². The molecule has 0 heterocycles. The highest BCUT2D eigenvalue weighted by atomic mass is 16.5. The SMILES string of the molecule is C=CCNC(=O)[C@H]1C=C(OC)C(=O)C[C@@H]2c3ccccc3C[C@]12C. The Hall–Kier alpha value is -2.36. The van der Waals surface area contributed by atoms with Gasteiger partial charge in [-0.25, -0.2) is 0 Å². The van der Waals surface area contributed by atoms with Crippen molar-refractivity contribution in [1.29, 1.82) is 0 Å². The molecule has 0 radical (unpaired) electrons. The van der Waals surface area contributed by atoms with Gasteiger partial charge in [-0.3, -0.25) is 9.59 Å². The average molecular weight is 325 g/mol. The summed E-state index contributed by atoms with van der Waals surface area (Å²) in [4.78, 5) is 25.4. The zero-order chi connectivity index (χ0) is 17.3. The molecule has 2 aliphatic rings. The van der Waals surface area contributed by atoms with Crippen LogP contribution in [0, 0.1) is 11.3 Å². The molecule has 2 aliphatic carbocycles. The van der Waals surface area contributed by atoms with Crippen molar-refractivity contribution < 1.29 is 14.3 Å². The molecular formula is C20H23NO3. The first-order valence-corrected chi connectivity index (χ1v) is 8.26. The summed E-state index contributed by atoms with van der Waals surface area (Å²) in [6, 6.07) is 8.18. The van der Waals surface area contributed by atoms with Crippen molar-refractivity contribution in [2.75, 3.05) is 13.7 Å². The van der Waals surface area contributed by atoms with Crippen LogP contribution in [-0.2, 0) is 20.7 Å². The number of Topliss-reactive ketones (excluding diaryl/α,β-unsaturated/α-hetero) is 1. The lowest BCUT2D eigenvalue weighted by molar-refractivity contribution is -0.127. The van der Waals surface area contributed by atoms with E-state index in [0.717, 1.165) is 6.42 Å². The Kier molecular flexibility index (Phi) is 4.31. The molecule has 1 N–H and O–H groups in total. The van der Waals surface area contributed by atoms with Crippen LogP contribution in [0.5, 0.6) is 0 Å². The van der Waals surface area contributed by atoms with Crippen molar-refractivity contribution in [3.05, 3.63) is 59.9 Å². The summed E-state index contributed by atoms with van der Waals surface area (Å²) in [6.07, 6.45) is 4.52. The molecule has 1 amide bonds. The van der Waals surface area contributed by atoms with Crippen molar-refractivity contribution in [1.82, 2.24) is 5.32 Å². The van der Waals surface area contributed by atoms with Gasteiger partial charge in [0.2, 0.25) is 5.91 Å². The number of carbonyl (C=O) groups is 2. The molecule has 0 unspecified atom stereocenters. The molecule has 1 aromatic rings. The van der Waals surface area contributed by atoms with E-state index in [1.807, 2.05) is 12.1 Å². The van der Waals surface area contributed by atoms with Crippen LogP contribution in [0.1, 0.15) is 30.4 Å². The quantitative estimate of drug-likeness (QED) is 0.866. The Labute approximate surface area is 142 Å². The Morgan fingerprint density at radius 2 is 2.21 bits per heavy atom. The first-order chi connectivity index (χ1) is 11.5. The maximum absolute atomic E-state index is 12.8. The number of hydrogen-bond donors (Lipinski definition) is 1. The molecule has 3 atom stereocenters. The molecule has 0 bridgehead atoms. The van der Waals surface area contributed by atoms with Crippen LogP contribution in [0.2, 0.25) is 0 Å². The first kappa shape index (κ1) is 16.5. The summed E-state index contributed by atoms with van der Waals surface area (Å²) in [5, 5.41) is 2.89. The van der Waals surface area contributed by atoms with Gasteiger partial charge >= 0.3 is 0 Å². The number of allylic oxidation sites excluding steroid dienone is 1.